The molecule has 0 aliphatic carbocycles. The van der Waals surface area contributed by atoms with Gasteiger partial charge in [0.1, 0.15) is 30.5 Å². The summed E-state index contributed by atoms with van der Waals surface area (Å²) in [5, 5.41) is 65.2. The van der Waals surface area contributed by atoms with Crippen LogP contribution >= 0.6 is 0 Å². The van der Waals surface area contributed by atoms with Crippen LogP contribution in [0.2, 0.25) is 0 Å². The number of nitrogens with one attached hydrogen (secondary N) is 1. The van der Waals surface area contributed by atoms with E-state index in [1.54, 1.807) is 0 Å². The van der Waals surface area contributed by atoms with Crippen molar-refractivity contribution in [2.24, 2.45) is 0 Å². The van der Waals surface area contributed by atoms with E-state index in [0.29, 0.717) is 6.42 Å². The van der Waals surface area contributed by atoms with Gasteiger partial charge in [-0.15, -0.1) is 0 Å². The number of carbonyl (C=O) groups is 1. The lowest BCUT2D eigenvalue weighted by Gasteiger charge is -2.40. The van der Waals surface area contributed by atoms with Crippen LogP contribution in [0.15, 0.2) is 0 Å². The van der Waals surface area contributed by atoms with E-state index in [1.807, 2.05) is 0 Å². The Morgan fingerprint density at radius 2 is 0.852 bits per heavy atom. The number of amides is 1. The van der Waals surface area contributed by atoms with Crippen LogP contribution in [-0.4, -0.2) is 98.7 Å². The first-order valence-electron chi connectivity index (χ1n) is 26.3. The topological polar surface area (TPSA) is 169 Å². The minimum atomic E-state index is -1.60. The van der Waals surface area contributed by atoms with Crippen LogP contribution < -0.4 is 5.32 Å². The molecule has 1 saturated heterocycles. The summed E-state index contributed by atoms with van der Waals surface area (Å²) in [5.41, 5.74) is 0. The molecule has 1 heterocycles. The molecule has 2 unspecified atom stereocenters. The molecule has 0 saturated carbocycles. The molecule has 1 aliphatic rings. The normalized spacial score (nSPS) is 20.8. The third-order valence-electron chi connectivity index (χ3n) is 13.1. The fourth-order valence-electron chi connectivity index (χ4n) is 8.79. The Kier molecular flexibility index (Phi) is 39.9. The first-order chi connectivity index (χ1) is 29.8. The van der Waals surface area contributed by atoms with E-state index >= 15 is 0 Å². The van der Waals surface area contributed by atoms with Crippen LogP contribution in [-0.2, 0) is 14.3 Å². The number of carbonyl (C=O) groups excluding carboxylic acids is 1. The number of hydrogen-bond donors (Lipinski definition) is 7. The monoisotopic (exact) mass is 872 g/mol. The Morgan fingerprint density at radius 3 is 1.21 bits per heavy atom. The highest BCUT2D eigenvalue weighted by Gasteiger charge is 2.44. The van der Waals surface area contributed by atoms with Crippen molar-refractivity contribution < 1.29 is 44.9 Å². The van der Waals surface area contributed by atoms with Crippen LogP contribution in [0.5, 0.6) is 0 Å². The summed E-state index contributed by atoms with van der Waals surface area (Å²) >= 11 is 0. The lowest BCUT2D eigenvalue weighted by molar-refractivity contribution is -0.303. The van der Waals surface area contributed by atoms with Gasteiger partial charge in [0, 0.05) is 6.42 Å². The second kappa shape index (κ2) is 41.8. The molecule has 10 nitrogen and oxygen atoms in total. The SMILES string of the molecule is CCCCCCCCCCCCCCCCCCCCCCCCCCCCC(=O)N[C@@H](CO[C@@H]1O[C@H](CO)[C@H](O)C(O)C1O)[C@H](O)[C@H](O)CCCCCCCCCCCC. The lowest BCUT2D eigenvalue weighted by Crippen LogP contribution is -2.60. The minimum absolute atomic E-state index is 0.253. The molecule has 7 N–H and O–H groups in total. The zero-order chi connectivity index (χ0) is 44.6. The molecule has 0 spiro atoms. The molecule has 0 aromatic carbocycles. The number of unbranched alkanes of at least 4 members (excludes halogenated alkanes) is 34. The molecule has 10 heteroatoms. The second-order valence-electron chi connectivity index (χ2n) is 18.8. The summed E-state index contributed by atoms with van der Waals surface area (Å²) in [6.07, 6.45) is 37.1. The van der Waals surface area contributed by atoms with Gasteiger partial charge in [-0.3, -0.25) is 4.79 Å². The zero-order valence-corrected chi connectivity index (χ0v) is 39.8. The van der Waals surface area contributed by atoms with Crippen LogP contribution in [0.1, 0.15) is 258 Å². The molecular weight excluding hydrogens is 771 g/mol. The quantitative estimate of drug-likeness (QED) is 0.0295. The Morgan fingerprint density at radius 1 is 0.508 bits per heavy atom. The van der Waals surface area contributed by atoms with Crippen LogP contribution in [0.3, 0.4) is 0 Å². The summed E-state index contributed by atoms with van der Waals surface area (Å²) in [4.78, 5) is 13.0. The minimum Gasteiger partial charge on any atom is -0.394 e. The standard InChI is InChI=1S/C51H101NO9/c1-3-5-7-9-11-13-15-16-17-18-19-20-21-22-23-24-25-26-27-28-29-30-32-34-36-38-40-46(55)52-43(42-60-51-50(59)49(58)48(57)45(41-53)61-51)47(56)44(54)39-37-35-33-31-14-12-10-8-6-4-2/h43-45,47-51,53-54,56-59H,3-42H2,1-2H3,(H,52,55)/t43-,44+,45+,47-,48-,49?,50?,51+/m0/s1. The molecule has 1 amide bonds. The summed E-state index contributed by atoms with van der Waals surface area (Å²) < 4.78 is 11.2. The molecule has 8 atom stereocenters. The molecule has 61 heavy (non-hydrogen) atoms. The Balaban J connectivity index is 2.20. The Hall–Kier alpha value is -0.850. The smallest absolute Gasteiger partial charge is 0.220 e. The first kappa shape index (κ1) is 58.2. The van der Waals surface area contributed by atoms with Gasteiger partial charge in [-0.2, -0.15) is 0 Å². The van der Waals surface area contributed by atoms with Crippen molar-refractivity contribution in [1.29, 1.82) is 0 Å². The maximum Gasteiger partial charge on any atom is 0.220 e. The van der Waals surface area contributed by atoms with Gasteiger partial charge in [-0.05, 0) is 12.8 Å². The predicted molar refractivity (Wildman–Crippen MR) is 250 cm³/mol. The molecular formula is C51H101NO9. The lowest BCUT2D eigenvalue weighted by atomic mass is 9.98. The van der Waals surface area contributed by atoms with E-state index in [2.05, 4.69) is 19.2 Å². The second-order valence-corrected chi connectivity index (χ2v) is 18.8. The fourth-order valence-corrected chi connectivity index (χ4v) is 8.79. The van der Waals surface area contributed by atoms with Crippen molar-refractivity contribution in [1.82, 2.24) is 5.32 Å². The van der Waals surface area contributed by atoms with Crippen molar-refractivity contribution in [3.63, 3.8) is 0 Å². The number of aliphatic hydroxyl groups is 6. The summed E-state index contributed by atoms with van der Waals surface area (Å²) in [7, 11) is 0. The average molecular weight is 872 g/mol. The van der Waals surface area contributed by atoms with Gasteiger partial charge in [0.25, 0.3) is 0 Å². The number of ether oxygens (including phenoxy) is 2. The predicted octanol–water partition coefficient (Wildman–Crippen LogP) is 10.9. The average Bonchev–Trinajstić information content (AvgIpc) is 3.26. The van der Waals surface area contributed by atoms with Gasteiger partial charge in [-0.25, -0.2) is 0 Å². The van der Waals surface area contributed by atoms with Crippen molar-refractivity contribution in [2.75, 3.05) is 13.2 Å². The third-order valence-corrected chi connectivity index (χ3v) is 13.1. The van der Waals surface area contributed by atoms with Crippen molar-refractivity contribution in [3.05, 3.63) is 0 Å². The van der Waals surface area contributed by atoms with Gasteiger partial charge in [0.15, 0.2) is 6.29 Å². The number of hydrogen-bond acceptors (Lipinski definition) is 9. The highest BCUT2D eigenvalue weighted by Crippen LogP contribution is 2.23. The van der Waals surface area contributed by atoms with Crippen molar-refractivity contribution in [2.45, 2.75) is 307 Å². The molecule has 0 aromatic rings. The Labute approximate surface area is 375 Å². The van der Waals surface area contributed by atoms with Crippen LogP contribution in [0.25, 0.3) is 0 Å². The maximum absolute atomic E-state index is 13.0. The highest BCUT2D eigenvalue weighted by molar-refractivity contribution is 5.76. The molecule has 1 rings (SSSR count). The van der Waals surface area contributed by atoms with E-state index < -0.39 is 55.6 Å². The molecule has 0 bridgehead atoms. The molecule has 0 aromatic heterocycles. The van der Waals surface area contributed by atoms with E-state index in [1.165, 1.54) is 186 Å². The van der Waals surface area contributed by atoms with Crippen LogP contribution in [0.4, 0.5) is 0 Å². The van der Waals surface area contributed by atoms with Gasteiger partial charge in [-0.1, -0.05) is 239 Å². The third kappa shape index (κ3) is 31.6. The van der Waals surface area contributed by atoms with E-state index in [9.17, 15) is 35.4 Å². The molecule has 1 aliphatic heterocycles. The summed E-state index contributed by atoms with van der Waals surface area (Å²) in [5.74, 6) is -0.253. The van der Waals surface area contributed by atoms with E-state index in [4.69, 9.17) is 9.47 Å². The van der Waals surface area contributed by atoms with Crippen molar-refractivity contribution in [3.8, 4) is 0 Å². The maximum atomic E-state index is 13.0. The number of aliphatic hydroxyl groups excluding tert-OH is 6. The van der Waals surface area contributed by atoms with Gasteiger partial charge < -0.3 is 45.4 Å². The largest absolute Gasteiger partial charge is 0.394 e. The number of rotatable bonds is 45. The molecule has 364 valence electrons. The summed E-state index contributed by atoms with van der Waals surface area (Å²) in [6.45, 7) is 3.62. The molecule has 0 radical (unpaired) electrons. The van der Waals surface area contributed by atoms with E-state index in [-0.39, 0.29) is 18.9 Å². The van der Waals surface area contributed by atoms with E-state index in [0.717, 1.165) is 44.9 Å². The fraction of sp³-hybridized carbons (Fsp3) is 0.980. The highest BCUT2D eigenvalue weighted by atomic mass is 16.7. The molecule has 1 fully saturated rings. The van der Waals surface area contributed by atoms with Gasteiger partial charge in [0.05, 0.1) is 25.4 Å². The van der Waals surface area contributed by atoms with Crippen LogP contribution in [0, 0.1) is 0 Å². The van der Waals surface area contributed by atoms with Gasteiger partial charge >= 0.3 is 0 Å². The first-order valence-corrected chi connectivity index (χ1v) is 26.3. The zero-order valence-electron chi connectivity index (χ0n) is 39.8. The Bertz CT molecular complexity index is 942. The summed E-state index contributed by atoms with van der Waals surface area (Å²) in [6, 6.07) is -0.984. The van der Waals surface area contributed by atoms with Crippen molar-refractivity contribution >= 4 is 5.91 Å². The van der Waals surface area contributed by atoms with Gasteiger partial charge in [0.2, 0.25) is 5.91 Å².